The molecule has 0 spiro atoms. The van der Waals surface area contributed by atoms with E-state index in [0.29, 0.717) is 6.42 Å². The fourth-order valence-corrected chi connectivity index (χ4v) is 3.03. The van der Waals surface area contributed by atoms with Crippen molar-refractivity contribution in [2.24, 2.45) is 0 Å². The van der Waals surface area contributed by atoms with Crippen molar-refractivity contribution >= 4 is 17.7 Å². The Morgan fingerprint density at radius 3 is 2.89 bits per heavy atom. The Bertz CT molecular complexity index is 394. The van der Waals surface area contributed by atoms with Gasteiger partial charge in [0.15, 0.2) is 0 Å². The summed E-state index contributed by atoms with van der Waals surface area (Å²) in [5, 5.41) is 15.5. The number of hydrogen-bond donors (Lipinski definition) is 3. The lowest BCUT2D eigenvalue weighted by Gasteiger charge is -2.25. The second-order valence-corrected chi connectivity index (χ2v) is 5.81. The highest BCUT2D eigenvalue weighted by Crippen LogP contribution is 2.08. The highest BCUT2D eigenvalue weighted by atomic mass is 32.2. The van der Waals surface area contributed by atoms with Crippen molar-refractivity contribution in [3.8, 4) is 0 Å². The van der Waals surface area contributed by atoms with Crippen LogP contribution in [-0.4, -0.2) is 47.8 Å². The highest BCUT2D eigenvalue weighted by Gasteiger charge is 2.23. The van der Waals surface area contributed by atoms with Gasteiger partial charge in [-0.05, 0) is 12.0 Å². The lowest BCUT2D eigenvalue weighted by Crippen LogP contribution is -2.52. The molecule has 1 aliphatic heterocycles. The van der Waals surface area contributed by atoms with Crippen LogP contribution < -0.4 is 10.6 Å². The number of aliphatic hydroxyl groups excluding tert-OH is 1. The van der Waals surface area contributed by atoms with Crippen LogP contribution in [0.3, 0.4) is 0 Å². The molecule has 3 N–H and O–H groups in total. The summed E-state index contributed by atoms with van der Waals surface area (Å²) in [5.41, 5.74) is 1.12. The molecule has 2 atom stereocenters. The maximum Gasteiger partial charge on any atom is 0.238 e. The van der Waals surface area contributed by atoms with Gasteiger partial charge in [-0.2, -0.15) is 11.8 Å². The number of aliphatic hydroxyl groups is 1. The van der Waals surface area contributed by atoms with E-state index in [9.17, 15) is 9.90 Å². The molecule has 1 fully saturated rings. The first kappa shape index (κ1) is 14.4. The summed E-state index contributed by atoms with van der Waals surface area (Å²) in [4.78, 5) is 12.1. The zero-order chi connectivity index (χ0) is 13.5. The van der Waals surface area contributed by atoms with E-state index >= 15 is 0 Å². The van der Waals surface area contributed by atoms with Gasteiger partial charge in [-0.25, -0.2) is 0 Å². The molecule has 1 aliphatic rings. The molecule has 1 amide bonds. The van der Waals surface area contributed by atoms with Crippen molar-refractivity contribution in [1.82, 2.24) is 10.6 Å². The van der Waals surface area contributed by atoms with E-state index < -0.39 is 0 Å². The molecule has 1 heterocycles. The SMILES string of the molecule is O=C(N[C@@H](CO)Cc1ccccc1)C1CSCCN1. The van der Waals surface area contributed by atoms with E-state index in [4.69, 9.17) is 0 Å². The van der Waals surface area contributed by atoms with Gasteiger partial charge in [0.05, 0.1) is 18.7 Å². The lowest BCUT2D eigenvalue weighted by molar-refractivity contribution is -0.123. The van der Waals surface area contributed by atoms with Crippen LogP contribution in [0.15, 0.2) is 30.3 Å². The van der Waals surface area contributed by atoms with E-state index in [1.54, 1.807) is 11.8 Å². The third kappa shape index (κ3) is 4.53. The van der Waals surface area contributed by atoms with Gasteiger partial charge in [0, 0.05) is 18.1 Å². The predicted octanol–water partition coefficient (Wildman–Crippen LogP) is 0.411. The van der Waals surface area contributed by atoms with E-state index in [-0.39, 0.29) is 24.6 Å². The maximum absolute atomic E-state index is 12.1. The standard InChI is InChI=1S/C14H20N2O2S/c17-9-12(8-11-4-2-1-3-5-11)16-14(18)13-10-19-7-6-15-13/h1-5,12-13,15,17H,6-10H2,(H,16,18)/t12-,13?/m1/s1. The molecule has 19 heavy (non-hydrogen) atoms. The molecular formula is C14H20N2O2S. The molecule has 0 saturated carbocycles. The number of carbonyl (C=O) groups excluding carboxylic acids is 1. The topological polar surface area (TPSA) is 61.4 Å². The Kier molecular flexibility index (Phi) is 5.69. The number of hydrogen-bond acceptors (Lipinski definition) is 4. The maximum atomic E-state index is 12.1. The van der Waals surface area contributed by atoms with E-state index in [1.165, 1.54) is 0 Å². The average molecular weight is 280 g/mol. The monoisotopic (exact) mass is 280 g/mol. The quantitative estimate of drug-likeness (QED) is 0.731. The van der Waals surface area contributed by atoms with Crippen LogP contribution in [0.4, 0.5) is 0 Å². The Balaban J connectivity index is 1.86. The molecule has 1 saturated heterocycles. The summed E-state index contributed by atoms with van der Waals surface area (Å²) in [5.74, 6) is 1.84. The summed E-state index contributed by atoms with van der Waals surface area (Å²) in [6.07, 6.45) is 0.656. The summed E-state index contributed by atoms with van der Waals surface area (Å²) >= 11 is 1.78. The zero-order valence-corrected chi connectivity index (χ0v) is 11.7. The minimum absolute atomic E-state index is 0.0119. The zero-order valence-electron chi connectivity index (χ0n) is 10.8. The number of benzene rings is 1. The van der Waals surface area contributed by atoms with Crippen molar-refractivity contribution in [3.05, 3.63) is 35.9 Å². The number of rotatable bonds is 5. The first-order valence-electron chi connectivity index (χ1n) is 6.56. The Morgan fingerprint density at radius 2 is 2.26 bits per heavy atom. The number of nitrogens with one attached hydrogen (secondary N) is 2. The molecule has 1 aromatic carbocycles. The minimum atomic E-state index is -0.219. The Morgan fingerprint density at radius 1 is 1.47 bits per heavy atom. The number of amides is 1. The third-order valence-corrected chi connectivity index (χ3v) is 4.19. The predicted molar refractivity (Wildman–Crippen MR) is 78.3 cm³/mol. The molecule has 0 aromatic heterocycles. The summed E-state index contributed by atoms with van der Waals surface area (Å²) in [7, 11) is 0. The normalized spacial score (nSPS) is 20.8. The van der Waals surface area contributed by atoms with Crippen LogP contribution in [-0.2, 0) is 11.2 Å². The summed E-state index contributed by atoms with van der Waals surface area (Å²) < 4.78 is 0. The van der Waals surface area contributed by atoms with Gasteiger partial charge in [-0.1, -0.05) is 30.3 Å². The van der Waals surface area contributed by atoms with Crippen molar-refractivity contribution in [1.29, 1.82) is 0 Å². The average Bonchev–Trinajstić information content (AvgIpc) is 2.48. The molecule has 1 aromatic rings. The largest absolute Gasteiger partial charge is 0.394 e. The Hall–Kier alpha value is -1.04. The lowest BCUT2D eigenvalue weighted by atomic mass is 10.1. The van der Waals surface area contributed by atoms with E-state index in [1.807, 2.05) is 30.3 Å². The smallest absolute Gasteiger partial charge is 0.238 e. The number of thioether (sulfide) groups is 1. The van der Waals surface area contributed by atoms with Gasteiger partial charge in [-0.15, -0.1) is 0 Å². The van der Waals surface area contributed by atoms with Crippen molar-refractivity contribution in [3.63, 3.8) is 0 Å². The second kappa shape index (κ2) is 7.53. The fourth-order valence-electron chi connectivity index (χ4n) is 2.10. The molecule has 104 valence electrons. The van der Waals surface area contributed by atoms with E-state index in [0.717, 1.165) is 23.6 Å². The van der Waals surface area contributed by atoms with Crippen LogP contribution in [0, 0.1) is 0 Å². The van der Waals surface area contributed by atoms with Gasteiger partial charge in [-0.3, -0.25) is 4.79 Å². The first-order valence-corrected chi connectivity index (χ1v) is 7.71. The second-order valence-electron chi connectivity index (χ2n) is 4.66. The molecule has 4 nitrogen and oxygen atoms in total. The molecule has 0 radical (unpaired) electrons. The fraction of sp³-hybridized carbons (Fsp3) is 0.500. The minimum Gasteiger partial charge on any atom is -0.394 e. The third-order valence-electron chi connectivity index (χ3n) is 3.13. The van der Waals surface area contributed by atoms with E-state index in [2.05, 4.69) is 10.6 Å². The molecule has 0 aliphatic carbocycles. The van der Waals surface area contributed by atoms with Crippen LogP contribution in [0.1, 0.15) is 5.56 Å². The Labute approximate surface area is 118 Å². The van der Waals surface area contributed by atoms with Crippen molar-refractivity contribution < 1.29 is 9.90 Å². The van der Waals surface area contributed by atoms with Crippen LogP contribution in [0.5, 0.6) is 0 Å². The van der Waals surface area contributed by atoms with Gasteiger partial charge >= 0.3 is 0 Å². The van der Waals surface area contributed by atoms with Gasteiger partial charge < -0.3 is 15.7 Å². The van der Waals surface area contributed by atoms with Gasteiger partial charge in [0.25, 0.3) is 0 Å². The first-order chi connectivity index (χ1) is 9.29. The van der Waals surface area contributed by atoms with Crippen molar-refractivity contribution in [2.75, 3.05) is 24.7 Å². The van der Waals surface area contributed by atoms with Crippen LogP contribution >= 0.6 is 11.8 Å². The van der Waals surface area contributed by atoms with Gasteiger partial charge in [0.1, 0.15) is 0 Å². The van der Waals surface area contributed by atoms with Crippen molar-refractivity contribution in [2.45, 2.75) is 18.5 Å². The molecule has 0 bridgehead atoms. The number of carbonyl (C=O) groups is 1. The van der Waals surface area contributed by atoms with Crippen LogP contribution in [0.2, 0.25) is 0 Å². The molecular weight excluding hydrogens is 260 g/mol. The molecule has 5 heteroatoms. The van der Waals surface area contributed by atoms with Gasteiger partial charge in [0.2, 0.25) is 5.91 Å². The summed E-state index contributed by atoms with van der Waals surface area (Å²) in [6.45, 7) is 0.825. The highest BCUT2D eigenvalue weighted by molar-refractivity contribution is 7.99. The van der Waals surface area contributed by atoms with Crippen LogP contribution in [0.25, 0.3) is 0 Å². The molecule has 1 unspecified atom stereocenters. The molecule has 2 rings (SSSR count). The summed E-state index contributed by atoms with van der Waals surface area (Å²) in [6, 6.07) is 9.54.